The van der Waals surface area contributed by atoms with Gasteiger partial charge in [0.2, 0.25) is 0 Å². The molecule has 1 aliphatic heterocycles. The summed E-state index contributed by atoms with van der Waals surface area (Å²) in [7, 11) is 0. The molecule has 3 rings (SSSR count). The van der Waals surface area contributed by atoms with Crippen molar-refractivity contribution in [1.29, 1.82) is 0 Å². The van der Waals surface area contributed by atoms with E-state index in [2.05, 4.69) is 5.32 Å². The zero-order chi connectivity index (χ0) is 14.8. The maximum Gasteiger partial charge on any atom is 0.317 e. The number of hydrogen-bond acceptors (Lipinski definition) is 2. The van der Waals surface area contributed by atoms with Crippen LogP contribution in [0.4, 0.5) is 4.79 Å². The van der Waals surface area contributed by atoms with Crippen molar-refractivity contribution in [3.63, 3.8) is 0 Å². The summed E-state index contributed by atoms with van der Waals surface area (Å²) in [6.45, 7) is 1.54. The fourth-order valence-corrected chi connectivity index (χ4v) is 3.58. The summed E-state index contributed by atoms with van der Waals surface area (Å²) in [5.74, 6) is 1.04. The molecule has 21 heavy (non-hydrogen) atoms. The molecule has 3 aliphatic rings. The average molecular weight is 294 g/mol. The maximum absolute atomic E-state index is 12.5. The van der Waals surface area contributed by atoms with Crippen molar-refractivity contribution in [3.8, 4) is 0 Å². The predicted octanol–water partition coefficient (Wildman–Crippen LogP) is 2.46. The number of carboxylic acids is 1. The smallest absolute Gasteiger partial charge is 0.317 e. The first kappa shape index (κ1) is 14.7. The standard InChI is InChI=1S/C16H26N2O3/c19-14(20)8-3-11-2-1-9-18(10-11)16(21)17-15(12-4-5-12)13-6-7-13/h11-13,15H,1-10H2,(H,17,21)(H,19,20). The molecule has 2 aliphatic carbocycles. The lowest BCUT2D eigenvalue weighted by molar-refractivity contribution is -0.137. The monoisotopic (exact) mass is 294 g/mol. The van der Waals surface area contributed by atoms with Gasteiger partial charge in [0.05, 0.1) is 0 Å². The molecule has 0 spiro atoms. The van der Waals surface area contributed by atoms with Gasteiger partial charge in [0.25, 0.3) is 0 Å². The highest BCUT2D eigenvalue weighted by molar-refractivity contribution is 5.74. The SMILES string of the molecule is O=C(O)CCC1CCCN(C(=O)NC(C2CC2)C2CC2)C1. The van der Waals surface area contributed by atoms with Crippen molar-refractivity contribution >= 4 is 12.0 Å². The molecule has 0 aromatic rings. The van der Waals surface area contributed by atoms with Gasteiger partial charge in [-0.05, 0) is 62.7 Å². The number of carboxylic acid groups (broad SMARTS) is 1. The van der Waals surface area contributed by atoms with Crippen LogP contribution in [0.1, 0.15) is 51.4 Å². The lowest BCUT2D eigenvalue weighted by atomic mass is 9.93. The van der Waals surface area contributed by atoms with Gasteiger partial charge >= 0.3 is 12.0 Å². The molecule has 2 saturated carbocycles. The van der Waals surface area contributed by atoms with E-state index in [0.29, 0.717) is 30.2 Å². The van der Waals surface area contributed by atoms with Gasteiger partial charge in [-0.25, -0.2) is 4.79 Å². The highest BCUT2D eigenvalue weighted by Gasteiger charge is 2.42. The van der Waals surface area contributed by atoms with Crippen molar-refractivity contribution < 1.29 is 14.7 Å². The number of rotatable bonds is 6. The van der Waals surface area contributed by atoms with Crippen LogP contribution in [0, 0.1) is 17.8 Å². The van der Waals surface area contributed by atoms with Crippen LogP contribution in [0.3, 0.4) is 0 Å². The number of aliphatic carboxylic acids is 1. The number of carbonyl (C=O) groups excluding carboxylic acids is 1. The average Bonchev–Trinajstić information content (AvgIpc) is 3.36. The number of nitrogens with one attached hydrogen (secondary N) is 1. The molecule has 2 N–H and O–H groups in total. The molecule has 1 heterocycles. The Morgan fingerprint density at radius 1 is 1.14 bits per heavy atom. The number of carbonyl (C=O) groups is 2. The topological polar surface area (TPSA) is 69.6 Å². The maximum atomic E-state index is 12.5. The van der Waals surface area contributed by atoms with Crippen LogP contribution < -0.4 is 5.32 Å². The zero-order valence-electron chi connectivity index (χ0n) is 12.6. The van der Waals surface area contributed by atoms with E-state index in [1.165, 1.54) is 25.7 Å². The largest absolute Gasteiger partial charge is 0.481 e. The third kappa shape index (κ3) is 4.11. The lowest BCUT2D eigenvalue weighted by Gasteiger charge is -2.34. The predicted molar refractivity (Wildman–Crippen MR) is 78.9 cm³/mol. The van der Waals surface area contributed by atoms with Crippen molar-refractivity contribution in [2.24, 2.45) is 17.8 Å². The summed E-state index contributed by atoms with van der Waals surface area (Å²) in [6, 6.07) is 0.482. The molecule has 3 fully saturated rings. The Kier molecular flexibility index (Phi) is 4.36. The van der Waals surface area contributed by atoms with Crippen molar-refractivity contribution in [1.82, 2.24) is 10.2 Å². The van der Waals surface area contributed by atoms with Gasteiger partial charge in [-0.2, -0.15) is 0 Å². The lowest BCUT2D eigenvalue weighted by Crippen LogP contribution is -2.49. The van der Waals surface area contributed by atoms with Gasteiger partial charge in [-0.15, -0.1) is 0 Å². The summed E-state index contributed by atoms with van der Waals surface area (Å²) < 4.78 is 0. The third-order valence-corrected chi connectivity index (χ3v) is 5.12. The van der Waals surface area contributed by atoms with Crippen LogP contribution in [0.25, 0.3) is 0 Å². The Balaban J connectivity index is 1.48. The Morgan fingerprint density at radius 3 is 2.38 bits per heavy atom. The summed E-state index contributed by atoms with van der Waals surface area (Å²) in [4.78, 5) is 25.0. The molecule has 118 valence electrons. The van der Waals surface area contributed by atoms with Crippen LogP contribution >= 0.6 is 0 Å². The molecule has 1 atom stereocenters. The Morgan fingerprint density at radius 2 is 1.81 bits per heavy atom. The van der Waals surface area contributed by atoms with E-state index in [4.69, 9.17) is 5.11 Å². The molecule has 0 aromatic heterocycles. The molecular formula is C16H26N2O3. The second-order valence-electron chi connectivity index (χ2n) is 7.04. The fourth-order valence-electron chi connectivity index (χ4n) is 3.58. The summed E-state index contributed by atoms with van der Waals surface area (Å²) in [6.07, 6.45) is 8.01. The van der Waals surface area contributed by atoms with E-state index in [9.17, 15) is 9.59 Å². The van der Waals surface area contributed by atoms with E-state index in [0.717, 1.165) is 25.9 Å². The highest BCUT2D eigenvalue weighted by atomic mass is 16.4. The van der Waals surface area contributed by atoms with Crippen molar-refractivity contribution in [2.45, 2.75) is 57.4 Å². The van der Waals surface area contributed by atoms with Gasteiger partial charge < -0.3 is 15.3 Å². The minimum Gasteiger partial charge on any atom is -0.481 e. The fraction of sp³-hybridized carbons (Fsp3) is 0.875. The highest BCUT2D eigenvalue weighted by Crippen LogP contribution is 2.44. The number of piperidine rings is 1. The van der Waals surface area contributed by atoms with Gasteiger partial charge in [-0.3, -0.25) is 4.79 Å². The summed E-state index contributed by atoms with van der Waals surface area (Å²) in [5, 5.41) is 12.0. The van der Waals surface area contributed by atoms with Crippen molar-refractivity contribution in [2.75, 3.05) is 13.1 Å². The van der Waals surface area contributed by atoms with Crippen LogP contribution in [-0.4, -0.2) is 41.1 Å². The normalized spacial score (nSPS) is 26.0. The first-order valence-electron chi connectivity index (χ1n) is 8.40. The molecule has 0 aromatic carbocycles. The van der Waals surface area contributed by atoms with E-state index in [1.54, 1.807) is 0 Å². The minimum atomic E-state index is -0.737. The van der Waals surface area contributed by atoms with Crippen LogP contribution in [0.15, 0.2) is 0 Å². The van der Waals surface area contributed by atoms with Crippen LogP contribution in [0.2, 0.25) is 0 Å². The molecule has 1 unspecified atom stereocenters. The summed E-state index contributed by atoms with van der Waals surface area (Å²) >= 11 is 0. The molecule has 5 heteroatoms. The van der Waals surface area contributed by atoms with Crippen LogP contribution in [0.5, 0.6) is 0 Å². The van der Waals surface area contributed by atoms with Gasteiger partial charge in [0.15, 0.2) is 0 Å². The third-order valence-electron chi connectivity index (χ3n) is 5.12. The van der Waals surface area contributed by atoms with Gasteiger partial charge in [0.1, 0.15) is 0 Å². The molecular weight excluding hydrogens is 268 g/mol. The molecule has 0 bridgehead atoms. The number of likely N-dealkylation sites (tertiary alicyclic amines) is 1. The van der Waals surface area contributed by atoms with E-state index >= 15 is 0 Å². The second-order valence-corrected chi connectivity index (χ2v) is 7.04. The quantitative estimate of drug-likeness (QED) is 0.790. The van der Waals surface area contributed by atoms with Gasteiger partial charge in [0, 0.05) is 25.6 Å². The first-order chi connectivity index (χ1) is 10.1. The van der Waals surface area contributed by atoms with Gasteiger partial charge in [-0.1, -0.05) is 0 Å². The first-order valence-corrected chi connectivity index (χ1v) is 8.40. The van der Waals surface area contributed by atoms with Crippen LogP contribution in [-0.2, 0) is 4.79 Å². The Labute approximate surface area is 126 Å². The molecule has 2 amide bonds. The Bertz CT molecular complexity index is 392. The van der Waals surface area contributed by atoms with E-state index in [1.807, 2.05) is 4.90 Å². The summed E-state index contributed by atoms with van der Waals surface area (Å²) in [5.41, 5.74) is 0. The molecule has 0 radical (unpaired) electrons. The zero-order valence-corrected chi connectivity index (χ0v) is 12.6. The number of hydrogen-bond donors (Lipinski definition) is 2. The number of urea groups is 1. The minimum absolute atomic E-state index is 0.0822. The molecule has 1 saturated heterocycles. The van der Waals surface area contributed by atoms with E-state index in [-0.39, 0.29) is 12.5 Å². The Hall–Kier alpha value is -1.26. The van der Waals surface area contributed by atoms with Crippen molar-refractivity contribution in [3.05, 3.63) is 0 Å². The second kappa shape index (κ2) is 6.24. The van der Waals surface area contributed by atoms with E-state index < -0.39 is 5.97 Å². The molecule has 5 nitrogen and oxygen atoms in total. The number of amides is 2. The number of nitrogens with zero attached hydrogens (tertiary/aromatic N) is 1.